The maximum Gasteiger partial charge on any atom is 0.308 e. The van der Waals surface area contributed by atoms with Crippen LogP contribution in [0.3, 0.4) is 0 Å². The summed E-state index contributed by atoms with van der Waals surface area (Å²) in [6.45, 7) is 6.87. The van der Waals surface area contributed by atoms with E-state index in [4.69, 9.17) is 19.2 Å². The first-order chi connectivity index (χ1) is 18.2. The number of fused-ring (bicyclic) bond motifs is 2. The molecule has 37 heavy (non-hydrogen) atoms. The SMILES string of the molecule is CCOC(=O)CCOCCOCCNCCC(=O)Nc1sc2c(c1-c1nc3ccccc3s1)CCNC2. The summed E-state index contributed by atoms with van der Waals surface area (Å²) >= 11 is 3.33. The van der Waals surface area contributed by atoms with Crippen molar-refractivity contribution in [3.8, 4) is 10.6 Å². The van der Waals surface area contributed by atoms with Gasteiger partial charge in [-0.1, -0.05) is 12.1 Å². The number of benzene rings is 1. The van der Waals surface area contributed by atoms with Gasteiger partial charge in [0.15, 0.2) is 0 Å². The molecular weight excluding hydrogens is 512 g/mol. The van der Waals surface area contributed by atoms with Crippen LogP contribution in [0.2, 0.25) is 0 Å². The molecule has 1 amide bonds. The number of rotatable bonds is 15. The second-order valence-electron chi connectivity index (χ2n) is 8.45. The number of nitrogens with zero attached hydrogens (tertiary/aromatic N) is 1. The number of thiophene rings is 1. The van der Waals surface area contributed by atoms with E-state index >= 15 is 0 Å². The number of nitrogens with one attached hydrogen (secondary N) is 3. The lowest BCUT2D eigenvalue weighted by molar-refractivity contribution is -0.144. The van der Waals surface area contributed by atoms with Gasteiger partial charge in [0.1, 0.15) is 10.0 Å². The van der Waals surface area contributed by atoms with Crippen LogP contribution >= 0.6 is 22.7 Å². The van der Waals surface area contributed by atoms with Gasteiger partial charge in [-0.25, -0.2) is 4.98 Å². The molecule has 3 heterocycles. The lowest BCUT2D eigenvalue weighted by Gasteiger charge is -2.13. The highest BCUT2D eigenvalue weighted by atomic mass is 32.1. The van der Waals surface area contributed by atoms with Crippen LogP contribution in [0, 0.1) is 0 Å². The smallest absolute Gasteiger partial charge is 0.308 e. The minimum Gasteiger partial charge on any atom is -0.466 e. The maximum absolute atomic E-state index is 12.7. The second-order valence-corrected chi connectivity index (χ2v) is 10.6. The number of para-hydroxylation sites is 1. The molecule has 4 rings (SSSR count). The van der Waals surface area contributed by atoms with Crippen LogP contribution in [0.25, 0.3) is 20.8 Å². The highest BCUT2D eigenvalue weighted by Gasteiger charge is 2.25. The Bertz CT molecular complexity index is 1150. The Balaban J connectivity index is 1.18. The molecular formula is C26H34N4O5S2. The Morgan fingerprint density at radius 2 is 1.89 bits per heavy atom. The minimum absolute atomic E-state index is 0.0164. The Morgan fingerprint density at radius 1 is 1.05 bits per heavy atom. The quantitative estimate of drug-likeness (QED) is 0.196. The van der Waals surface area contributed by atoms with Crippen molar-refractivity contribution in [3.05, 3.63) is 34.7 Å². The van der Waals surface area contributed by atoms with Crippen molar-refractivity contribution in [2.45, 2.75) is 32.7 Å². The van der Waals surface area contributed by atoms with Crippen molar-refractivity contribution in [1.82, 2.24) is 15.6 Å². The fourth-order valence-corrected chi connectivity index (χ4v) is 6.34. The van der Waals surface area contributed by atoms with E-state index in [0.29, 0.717) is 52.5 Å². The molecule has 1 aliphatic rings. The van der Waals surface area contributed by atoms with Crippen molar-refractivity contribution in [1.29, 1.82) is 0 Å². The maximum atomic E-state index is 12.7. The van der Waals surface area contributed by atoms with Crippen molar-refractivity contribution in [3.63, 3.8) is 0 Å². The summed E-state index contributed by atoms with van der Waals surface area (Å²) in [5.41, 5.74) is 3.38. The van der Waals surface area contributed by atoms with E-state index in [2.05, 4.69) is 22.0 Å². The Labute approximate surface area is 224 Å². The lowest BCUT2D eigenvalue weighted by atomic mass is 10.0. The van der Waals surface area contributed by atoms with E-state index in [1.807, 2.05) is 18.2 Å². The molecule has 3 aromatic rings. The number of thiazole rings is 1. The summed E-state index contributed by atoms with van der Waals surface area (Å²) in [7, 11) is 0. The number of hydrogen-bond donors (Lipinski definition) is 3. The lowest BCUT2D eigenvalue weighted by Crippen LogP contribution is -2.25. The molecule has 0 bridgehead atoms. The molecule has 0 saturated heterocycles. The number of ether oxygens (including phenoxy) is 3. The number of anilines is 1. The molecule has 9 nitrogen and oxygen atoms in total. The number of aromatic nitrogens is 1. The van der Waals surface area contributed by atoms with Gasteiger partial charge < -0.3 is 30.2 Å². The molecule has 1 aliphatic heterocycles. The van der Waals surface area contributed by atoms with Crippen LogP contribution in [-0.4, -0.2) is 69.5 Å². The van der Waals surface area contributed by atoms with Gasteiger partial charge in [0.05, 0.1) is 49.7 Å². The van der Waals surface area contributed by atoms with Crippen LogP contribution < -0.4 is 16.0 Å². The van der Waals surface area contributed by atoms with Gasteiger partial charge in [-0.15, -0.1) is 22.7 Å². The second kappa shape index (κ2) is 14.5. The molecule has 0 unspecified atom stereocenters. The highest BCUT2D eigenvalue weighted by molar-refractivity contribution is 7.22. The number of carbonyl (C=O) groups is 2. The van der Waals surface area contributed by atoms with E-state index in [9.17, 15) is 9.59 Å². The zero-order valence-electron chi connectivity index (χ0n) is 21.1. The Morgan fingerprint density at radius 3 is 2.73 bits per heavy atom. The molecule has 11 heteroatoms. The van der Waals surface area contributed by atoms with Gasteiger partial charge in [-0.3, -0.25) is 9.59 Å². The average molecular weight is 547 g/mol. The minimum atomic E-state index is -0.250. The molecule has 0 spiro atoms. The fraction of sp³-hybridized carbons (Fsp3) is 0.500. The fourth-order valence-electron chi connectivity index (χ4n) is 4.00. The Kier molecular flexibility index (Phi) is 10.8. The van der Waals surface area contributed by atoms with Crippen molar-refractivity contribution >= 4 is 49.8 Å². The van der Waals surface area contributed by atoms with Crippen LogP contribution in [-0.2, 0) is 36.8 Å². The number of amides is 1. The molecule has 0 radical (unpaired) electrons. The van der Waals surface area contributed by atoms with Crippen LogP contribution in [0.15, 0.2) is 24.3 Å². The summed E-state index contributed by atoms with van der Waals surface area (Å²) < 4.78 is 16.9. The van der Waals surface area contributed by atoms with Gasteiger partial charge in [0, 0.05) is 36.5 Å². The van der Waals surface area contributed by atoms with Crippen molar-refractivity contribution in [2.75, 3.05) is 58.0 Å². The first kappa shape index (κ1) is 27.6. The molecule has 2 aromatic heterocycles. The zero-order chi connectivity index (χ0) is 25.9. The summed E-state index contributed by atoms with van der Waals surface area (Å²) in [6, 6.07) is 8.15. The van der Waals surface area contributed by atoms with Gasteiger partial charge in [-0.2, -0.15) is 0 Å². The molecule has 0 atom stereocenters. The summed E-state index contributed by atoms with van der Waals surface area (Å²) in [5.74, 6) is -0.266. The molecule has 0 aliphatic carbocycles. The van der Waals surface area contributed by atoms with Crippen LogP contribution in [0.5, 0.6) is 0 Å². The van der Waals surface area contributed by atoms with E-state index in [1.165, 1.54) is 10.4 Å². The molecule has 0 fully saturated rings. The summed E-state index contributed by atoms with van der Waals surface area (Å²) in [6.07, 6.45) is 1.56. The first-order valence-corrected chi connectivity index (χ1v) is 14.3. The Hall–Kier alpha value is -2.41. The number of hydrogen-bond acceptors (Lipinski definition) is 10. The van der Waals surface area contributed by atoms with Gasteiger partial charge in [-0.05, 0) is 37.6 Å². The van der Waals surface area contributed by atoms with E-state index in [0.717, 1.165) is 45.3 Å². The van der Waals surface area contributed by atoms with Crippen molar-refractivity contribution < 1.29 is 23.8 Å². The molecule has 1 aromatic carbocycles. The van der Waals surface area contributed by atoms with Crippen LogP contribution in [0.4, 0.5) is 5.00 Å². The zero-order valence-corrected chi connectivity index (χ0v) is 22.7. The normalized spacial score (nSPS) is 13.0. The standard InChI is InChI=1S/C26H34N4O5S2/c1-2-35-23(32)9-13-33-15-16-34-14-12-27-11-8-22(31)30-26-24(18-7-10-28-17-21(18)37-26)25-29-19-5-3-4-6-20(19)36-25/h3-6,27-28H,2,7-17H2,1H3,(H,30,31). The number of esters is 1. The topological polar surface area (TPSA) is 111 Å². The van der Waals surface area contributed by atoms with E-state index < -0.39 is 0 Å². The van der Waals surface area contributed by atoms with E-state index in [-0.39, 0.29) is 18.3 Å². The third kappa shape index (κ3) is 8.03. The third-order valence-corrected chi connectivity index (χ3v) is 7.97. The summed E-state index contributed by atoms with van der Waals surface area (Å²) in [4.78, 5) is 30.1. The van der Waals surface area contributed by atoms with Gasteiger partial charge in [0.2, 0.25) is 5.91 Å². The average Bonchev–Trinajstić information content (AvgIpc) is 3.48. The third-order valence-electron chi connectivity index (χ3n) is 5.77. The van der Waals surface area contributed by atoms with Gasteiger partial charge >= 0.3 is 5.97 Å². The predicted octanol–water partition coefficient (Wildman–Crippen LogP) is 3.58. The number of carbonyl (C=O) groups excluding carboxylic acids is 2. The van der Waals surface area contributed by atoms with Gasteiger partial charge in [0.25, 0.3) is 0 Å². The highest BCUT2D eigenvalue weighted by Crippen LogP contribution is 2.44. The first-order valence-electron chi connectivity index (χ1n) is 12.7. The van der Waals surface area contributed by atoms with Crippen LogP contribution in [0.1, 0.15) is 30.2 Å². The summed E-state index contributed by atoms with van der Waals surface area (Å²) in [5, 5.41) is 11.7. The van der Waals surface area contributed by atoms with E-state index in [1.54, 1.807) is 29.6 Å². The molecule has 3 N–H and O–H groups in total. The predicted molar refractivity (Wildman–Crippen MR) is 147 cm³/mol. The monoisotopic (exact) mass is 546 g/mol. The van der Waals surface area contributed by atoms with Crippen molar-refractivity contribution in [2.24, 2.45) is 0 Å². The largest absolute Gasteiger partial charge is 0.466 e. The molecule has 200 valence electrons. The molecule has 0 saturated carbocycles.